The van der Waals surface area contributed by atoms with Crippen molar-refractivity contribution in [2.24, 2.45) is 5.73 Å². The third-order valence-corrected chi connectivity index (χ3v) is 5.33. The van der Waals surface area contributed by atoms with Gasteiger partial charge in [-0.25, -0.2) is 8.42 Å². The first-order chi connectivity index (χ1) is 6.62. The largest absolute Gasteiger partial charge is 0.323 e. The summed E-state index contributed by atoms with van der Waals surface area (Å²) in [5.74, 6) is 0. The van der Waals surface area contributed by atoms with Crippen molar-refractivity contribution >= 4 is 10.0 Å². The molecule has 0 radical (unpaired) electrons. The molecule has 1 fully saturated rings. The lowest BCUT2D eigenvalue weighted by Gasteiger charge is -2.48. The number of nitrogens with zero attached hydrogens (tertiary/aromatic N) is 1. The number of hydrogen-bond donors (Lipinski definition) is 1. The maximum absolute atomic E-state index is 12.0. The van der Waals surface area contributed by atoms with E-state index in [1.54, 1.807) is 20.8 Å². The molecule has 0 atom stereocenters. The molecule has 0 aromatic heterocycles. The Kier molecular flexibility index (Phi) is 3.20. The van der Waals surface area contributed by atoms with Gasteiger partial charge in [-0.1, -0.05) is 13.3 Å². The summed E-state index contributed by atoms with van der Waals surface area (Å²) >= 11 is 0. The topological polar surface area (TPSA) is 63.4 Å². The Labute approximate surface area is 92.9 Å². The molecule has 15 heavy (non-hydrogen) atoms. The number of hydrogen-bond acceptors (Lipinski definition) is 3. The zero-order chi connectivity index (χ0) is 11.9. The number of nitrogens with two attached hydrogens (primary N) is 1. The lowest BCUT2D eigenvalue weighted by atomic mass is 9.89. The van der Waals surface area contributed by atoms with E-state index < -0.39 is 14.8 Å². The second-order valence-corrected chi connectivity index (χ2v) is 8.19. The summed E-state index contributed by atoms with van der Waals surface area (Å²) in [7, 11) is -3.18. The van der Waals surface area contributed by atoms with Crippen LogP contribution in [0.15, 0.2) is 0 Å². The predicted molar refractivity (Wildman–Crippen MR) is 62.1 cm³/mol. The molecule has 1 saturated heterocycles. The zero-order valence-corrected chi connectivity index (χ0v) is 10.9. The highest BCUT2D eigenvalue weighted by Gasteiger charge is 2.48. The molecule has 0 aliphatic carbocycles. The molecule has 0 spiro atoms. The Morgan fingerprint density at radius 3 is 2.13 bits per heavy atom. The minimum atomic E-state index is -3.18. The molecule has 90 valence electrons. The Morgan fingerprint density at radius 1 is 1.33 bits per heavy atom. The second-order valence-electron chi connectivity index (χ2n) is 5.50. The fraction of sp³-hybridized carbons (Fsp3) is 1.00. The van der Waals surface area contributed by atoms with Crippen molar-refractivity contribution in [3.05, 3.63) is 0 Å². The van der Waals surface area contributed by atoms with E-state index in [9.17, 15) is 8.42 Å². The van der Waals surface area contributed by atoms with E-state index in [0.717, 1.165) is 12.8 Å². The summed E-state index contributed by atoms with van der Waals surface area (Å²) in [6.45, 7) is 8.17. The van der Waals surface area contributed by atoms with Crippen molar-refractivity contribution in [3.63, 3.8) is 0 Å². The van der Waals surface area contributed by atoms with Gasteiger partial charge >= 0.3 is 0 Å². The maximum Gasteiger partial charge on any atom is 0.219 e. The van der Waals surface area contributed by atoms with Crippen LogP contribution in [0.4, 0.5) is 0 Å². The van der Waals surface area contributed by atoms with Gasteiger partial charge in [0.2, 0.25) is 10.0 Å². The second kappa shape index (κ2) is 3.71. The van der Waals surface area contributed by atoms with E-state index in [1.807, 2.05) is 0 Å². The Hall–Kier alpha value is -0.130. The minimum absolute atomic E-state index is 0.285. The highest BCUT2D eigenvalue weighted by molar-refractivity contribution is 7.90. The van der Waals surface area contributed by atoms with Gasteiger partial charge in [0.05, 0.1) is 4.75 Å². The molecule has 2 N–H and O–H groups in total. The van der Waals surface area contributed by atoms with Crippen molar-refractivity contribution in [2.45, 2.75) is 50.8 Å². The molecule has 0 amide bonds. The van der Waals surface area contributed by atoms with Crippen LogP contribution in [0.5, 0.6) is 0 Å². The third-order valence-electron chi connectivity index (χ3n) is 2.84. The van der Waals surface area contributed by atoms with Gasteiger partial charge in [-0.3, -0.25) is 0 Å². The summed E-state index contributed by atoms with van der Waals surface area (Å²) in [5.41, 5.74) is 5.75. The van der Waals surface area contributed by atoms with Crippen LogP contribution in [0.25, 0.3) is 0 Å². The third kappa shape index (κ3) is 2.34. The quantitative estimate of drug-likeness (QED) is 0.790. The molecule has 0 bridgehead atoms. The van der Waals surface area contributed by atoms with Crippen molar-refractivity contribution in [2.75, 3.05) is 13.1 Å². The van der Waals surface area contributed by atoms with Crippen LogP contribution in [-0.4, -0.2) is 36.1 Å². The number of rotatable bonds is 3. The summed E-state index contributed by atoms with van der Waals surface area (Å²) in [6, 6.07) is 0. The molecule has 1 aliphatic rings. The van der Waals surface area contributed by atoms with Crippen molar-refractivity contribution in [1.82, 2.24) is 4.31 Å². The van der Waals surface area contributed by atoms with Gasteiger partial charge in [-0.05, 0) is 27.2 Å². The van der Waals surface area contributed by atoms with Crippen molar-refractivity contribution in [1.29, 1.82) is 0 Å². The van der Waals surface area contributed by atoms with Gasteiger partial charge in [0.1, 0.15) is 0 Å². The van der Waals surface area contributed by atoms with Gasteiger partial charge in [0.25, 0.3) is 0 Å². The lowest BCUT2D eigenvalue weighted by Crippen LogP contribution is -2.70. The van der Waals surface area contributed by atoms with Crippen molar-refractivity contribution in [3.8, 4) is 0 Å². The van der Waals surface area contributed by atoms with Crippen LogP contribution in [0, 0.1) is 0 Å². The summed E-state index contributed by atoms with van der Waals surface area (Å²) < 4.78 is 24.8. The van der Waals surface area contributed by atoms with Gasteiger partial charge in [0, 0.05) is 18.6 Å². The van der Waals surface area contributed by atoms with Gasteiger partial charge in [-0.2, -0.15) is 4.31 Å². The zero-order valence-electron chi connectivity index (χ0n) is 10.1. The summed E-state index contributed by atoms with van der Waals surface area (Å²) in [4.78, 5) is 0. The molecule has 1 heterocycles. The lowest BCUT2D eigenvalue weighted by molar-refractivity contribution is 0.144. The molecule has 1 aliphatic heterocycles. The first-order valence-corrected chi connectivity index (χ1v) is 6.85. The molecule has 0 unspecified atom stereocenters. The van der Waals surface area contributed by atoms with E-state index in [1.165, 1.54) is 4.31 Å². The molecule has 0 aromatic rings. The number of sulfonamides is 1. The van der Waals surface area contributed by atoms with Gasteiger partial charge in [-0.15, -0.1) is 0 Å². The van der Waals surface area contributed by atoms with E-state index in [4.69, 9.17) is 5.73 Å². The van der Waals surface area contributed by atoms with E-state index in [2.05, 4.69) is 6.92 Å². The van der Waals surface area contributed by atoms with E-state index in [-0.39, 0.29) is 5.54 Å². The van der Waals surface area contributed by atoms with E-state index in [0.29, 0.717) is 13.1 Å². The van der Waals surface area contributed by atoms with Crippen LogP contribution in [0.2, 0.25) is 0 Å². The standard InChI is InChI=1S/C10H22N2O2S/c1-5-6-10(11)7-12(8-10)15(13,14)9(2,3)4/h5-8,11H2,1-4H3. The summed E-state index contributed by atoms with van der Waals surface area (Å²) in [6.07, 6.45) is 1.89. The monoisotopic (exact) mass is 234 g/mol. The Morgan fingerprint density at radius 2 is 1.80 bits per heavy atom. The van der Waals surface area contributed by atoms with Crippen LogP contribution in [0.3, 0.4) is 0 Å². The molecule has 5 heteroatoms. The molecule has 1 rings (SSSR count). The fourth-order valence-corrected chi connectivity index (χ4v) is 3.50. The minimum Gasteiger partial charge on any atom is -0.323 e. The van der Waals surface area contributed by atoms with Crippen LogP contribution in [0.1, 0.15) is 40.5 Å². The van der Waals surface area contributed by atoms with Crippen LogP contribution in [-0.2, 0) is 10.0 Å². The van der Waals surface area contributed by atoms with Crippen molar-refractivity contribution < 1.29 is 8.42 Å². The molecule has 0 saturated carbocycles. The Balaban J connectivity index is 2.67. The summed E-state index contributed by atoms with van der Waals surface area (Å²) in [5, 5.41) is 0. The fourth-order valence-electron chi connectivity index (χ4n) is 1.87. The predicted octanol–water partition coefficient (Wildman–Crippen LogP) is 0.928. The molecular formula is C10H22N2O2S. The molecule has 0 aromatic carbocycles. The smallest absolute Gasteiger partial charge is 0.219 e. The first kappa shape index (κ1) is 12.9. The van der Waals surface area contributed by atoms with Crippen LogP contribution >= 0.6 is 0 Å². The first-order valence-electron chi connectivity index (χ1n) is 5.41. The van der Waals surface area contributed by atoms with Gasteiger partial charge in [0.15, 0.2) is 0 Å². The Bertz CT molecular complexity index is 324. The average Bonchev–Trinajstić information content (AvgIpc) is 1.98. The highest BCUT2D eigenvalue weighted by Crippen LogP contribution is 2.31. The molecular weight excluding hydrogens is 212 g/mol. The highest BCUT2D eigenvalue weighted by atomic mass is 32.2. The SMILES string of the molecule is CCCC1(N)CN(S(=O)(=O)C(C)(C)C)C1. The maximum atomic E-state index is 12.0. The van der Waals surface area contributed by atoms with E-state index >= 15 is 0 Å². The van der Waals surface area contributed by atoms with Crippen LogP contribution < -0.4 is 5.73 Å². The molecule has 4 nitrogen and oxygen atoms in total. The van der Waals surface area contributed by atoms with Gasteiger partial charge < -0.3 is 5.73 Å². The average molecular weight is 234 g/mol. The normalized spacial score (nSPS) is 22.5.